The quantitative estimate of drug-likeness (QED) is 0.0261. The first kappa shape index (κ1) is 79.3. The number of hydrogen-bond donors (Lipinski definition) is 0. The van der Waals surface area contributed by atoms with Crippen molar-refractivity contribution in [3.63, 3.8) is 0 Å². The van der Waals surface area contributed by atoms with E-state index in [1.165, 1.54) is 205 Å². The molecular weight excluding hydrogens is 1020 g/mol. The molecule has 0 heterocycles. The Kier molecular flexibility index (Phi) is 67.7. The highest BCUT2D eigenvalue weighted by molar-refractivity contribution is 5.71. The number of rotatable bonds is 65. The van der Waals surface area contributed by atoms with Crippen LogP contribution in [-0.2, 0) is 28.6 Å². The zero-order valence-corrected chi connectivity index (χ0v) is 54.9. The molecule has 83 heavy (non-hydrogen) atoms. The van der Waals surface area contributed by atoms with Crippen LogP contribution in [0.2, 0.25) is 0 Å². The molecule has 0 aliphatic heterocycles. The van der Waals surface area contributed by atoms with Crippen molar-refractivity contribution in [2.45, 2.75) is 361 Å². The highest BCUT2D eigenvalue weighted by atomic mass is 16.6. The molecule has 0 rings (SSSR count). The highest BCUT2D eigenvalue weighted by Gasteiger charge is 2.19. The molecule has 6 heteroatoms. The Morgan fingerprint density at radius 1 is 0.253 bits per heavy atom. The van der Waals surface area contributed by atoms with Crippen molar-refractivity contribution in [3.05, 3.63) is 97.2 Å². The molecule has 0 radical (unpaired) electrons. The number of esters is 3. The van der Waals surface area contributed by atoms with Crippen molar-refractivity contribution in [2.75, 3.05) is 13.2 Å². The lowest BCUT2D eigenvalue weighted by atomic mass is 10.0. The summed E-state index contributed by atoms with van der Waals surface area (Å²) < 4.78 is 17.0. The van der Waals surface area contributed by atoms with Crippen LogP contribution >= 0.6 is 0 Å². The Labute approximate surface area is 515 Å². The zero-order valence-electron chi connectivity index (χ0n) is 54.9. The van der Waals surface area contributed by atoms with Gasteiger partial charge in [0.1, 0.15) is 13.2 Å². The lowest BCUT2D eigenvalue weighted by molar-refractivity contribution is -0.167. The first-order valence-electron chi connectivity index (χ1n) is 35.7. The first-order chi connectivity index (χ1) is 41.0. The first-order valence-corrected chi connectivity index (χ1v) is 35.7. The van der Waals surface area contributed by atoms with Crippen LogP contribution in [0.1, 0.15) is 355 Å². The number of hydrogen-bond acceptors (Lipinski definition) is 6. The van der Waals surface area contributed by atoms with Crippen LogP contribution in [0.4, 0.5) is 0 Å². The minimum absolute atomic E-state index is 0.0834. The fourth-order valence-corrected chi connectivity index (χ4v) is 10.2. The summed E-state index contributed by atoms with van der Waals surface area (Å²) in [6.45, 7) is 6.54. The van der Waals surface area contributed by atoms with Crippen LogP contribution in [0.15, 0.2) is 97.2 Å². The maximum absolute atomic E-state index is 13.0. The van der Waals surface area contributed by atoms with Gasteiger partial charge in [0.05, 0.1) is 0 Å². The van der Waals surface area contributed by atoms with E-state index in [1.807, 2.05) is 0 Å². The Morgan fingerprint density at radius 3 is 0.747 bits per heavy atom. The third kappa shape index (κ3) is 69.0. The van der Waals surface area contributed by atoms with E-state index in [0.29, 0.717) is 19.3 Å². The molecule has 0 aliphatic rings. The molecule has 478 valence electrons. The summed E-state index contributed by atoms with van der Waals surface area (Å²) in [5.74, 6) is -0.885. The summed E-state index contributed by atoms with van der Waals surface area (Å²) in [5, 5.41) is 0. The highest BCUT2D eigenvalue weighted by Crippen LogP contribution is 2.17. The van der Waals surface area contributed by atoms with E-state index in [-0.39, 0.29) is 31.1 Å². The SMILES string of the molecule is CC/C=C\C/C=C\C/C=C\C/C=C\CCCCCCCCC(=O)OC(COC(=O)CCCCCCCCCCC/C=C\CCCCCCCC)COC(=O)CCCCCCCCCCCCCC/C=C\C/C=C\C/C=C\CCCCCCC. The molecule has 0 aromatic rings. The van der Waals surface area contributed by atoms with Crippen molar-refractivity contribution >= 4 is 17.9 Å². The standard InChI is InChI=1S/C77H134O6/c1-4-7-10-13-16-19-22-25-28-31-34-35-36-37-38-39-40-41-44-46-49-52-55-58-61-64-67-70-76(79)82-73-74(83-77(80)71-68-65-62-59-56-53-50-47-43-33-30-27-24-21-18-15-12-9-6-3)72-81-75(78)69-66-63-60-57-54-51-48-45-42-32-29-26-23-20-17-14-11-8-5-2/h9,12,18,21-22,25-27,29-31,34,36-37,43,47,74H,4-8,10-11,13-17,19-20,23-24,28,32-33,35,38-42,44-46,48-73H2,1-3H3/b12-9-,21-18-,25-22-,29-26-,30-27-,34-31-,37-36-,47-43-. The molecular formula is C77H134O6. The molecule has 0 N–H and O–H groups in total. The van der Waals surface area contributed by atoms with Gasteiger partial charge in [0.25, 0.3) is 0 Å². The normalized spacial score (nSPS) is 12.7. The topological polar surface area (TPSA) is 78.9 Å². The third-order valence-corrected chi connectivity index (χ3v) is 15.5. The van der Waals surface area contributed by atoms with Gasteiger partial charge in [0, 0.05) is 19.3 Å². The predicted octanol–water partition coefficient (Wildman–Crippen LogP) is 24.8. The van der Waals surface area contributed by atoms with Crippen LogP contribution in [0.25, 0.3) is 0 Å². The molecule has 0 bridgehead atoms. The molecule has 0 saturated carbocycles. The number of ether oxygens (including phenoxy) is 3. The van der Waals surface area contributed by atoms with Crippen molar-refractivity contribution in [1.82, 2.24) is 0 Å². The van der Waals surface area contributed by atoms with Gasteiger partial charge >= 0.3 is 17.9 Å². The Hall–Kier alpha value is -3.67. The van der Waals surface area contributed by atoms with Gasteiger partial charge in [0.2, 0.25) is 0 Å². The Bertz CT molecular complexity index is 1610. The van der Waals surface area contributed by atoms with Gasteiger partial charge in [0.15, 0.2) is 6.10 Å². The summed E-state index contributed by atoms with van der Waals surface area (Å²) in [6.07, 6.45) is 95.7. The van der Waals surface area contributed by atoms with Crippen LogP contribution in [-0.4, -0.2) is 37.2 Å². The molecule has 0 fully saturated rings. The van der Waals surface area contributed by atoms with Gasteiger partial charge in [-0.05, 0) is 122 Å². The second-order valence-corrected chi connectivity index (χ2v) is 23.8. The van der Waals surface area contributed by atoms with Gasteiger partial charge in [-0.15, -0.1) is 0 Å². The summed E-state index contributed by atoms with van der Waals surface area (Å²) in [4.78, 5) is 38.5. The summed E-state index contributed by atoms with van der Waals surface area (Å²) in [5.41, 5.74) is 0. The molecule has 0 aliphatic carbocycles. The van der Waals surface area contributed by atoms with Crippen LogP contribution in [0, 0.1) is 0 Å². The molecule has 6 nitrogen and oxygen atoms in total. The fraction of sp³-hybridized carbons (Fsp3) is 0.753. The number of carbonyl (C=O) groups is 3. The molecule has 0 aromatic heterocycles. The van der Waals surface area contributed by atoms with E-state index < -0.39 is 6.10 Å². The van der Waals surface area contributed by atoms with Gasteiger partial charge in [-0.2, -0.15) is 0 Å². The van der Waals surface area contributed by atoms with Crippen LogP contribution < -0.4 is 0 Å². The third-order valence-electron chi connectivity index (χ3n) is 15.5. The minimum Gasteiger partial charge on any atom is -0.462 e. The average Bonchev–Trinajstić information content (AvgIpc) is 3.50. The monoisotopic (exact) mass is 1160 g/mol. The van der Waals surface area contributed by atoms with Gasteiger partial charge in [-0.3, -0.25) is 14.4 Å². The van der Waals surface area contributed by atoms with Crippen LogP contribution in [0.5, 0.6) is 0 Å². The van der Waals surface area contributed by atoms with E-state index in [2.05, 4.69) is 118 Å². The lowest BCUT2D eigenvalue weighted by Crippen LogP contribution is -2.30. The second-order valence-electron chi connectivity index (χ2n) is 23.8. The largest absolute Gasteiger partial charge is 0.462 e. The van der Waals surface area contributed by atoms with E-state index in [1.54, 1.807) is 0 Å². The zero-order chi connectivity index (χ0) is 59.9. The second kappa shape index (κ2) is 70.8. The molecule has 0 saturated heterocycles. The van der Waals surface area contributed by atoms with Crippen molar-refractivity contribution < 1.29 is 28.6 Å². The number of carbonyl (C=O) groups excluding carboxylic acids is 3. The summed E-state index contributed by atoms with van der Waals surface area (Å²) in [7, 11) is 0. The smallest absolute Gasteiger partial charge is 0.306 e. The van der Waals surface area contributed by atoms with Crippen LogP contribution in [0.3, 0.4) is 0 Å². The maximum atomic E-state index is 13.0. The van der Waals surface area contributed by atoms with E-state index >= 15 is 0 Å². The van der Waals surface area contributed by atoms with Crippen molar-refractivity contribution in [1.29, 1.82) is 0 Å². The molecule has 1 atom stereocenters. The van der Waals surface area contributed by atoms with E-state index in [9.17, 15) is 14.4 Å². The molecule has 1 unspecified atom stereocenters. The Balaban J connectivity index is 4.36. The molecule has 0 amide bonds. The summed E-state index contributed by atoms with van der Waals surface area (Å²) >= 11 is 0. The fourth-order valence-electron chi connectivity index (χ4n) is 10.2. The van der Waals surface area contributed by atoms with Crippen molar-refractivity contribution in [2.24, 2.45) is 0 Å². The predicted molar refractivity (Wildman–Crippen MR) is 362 cm³/mol. The maximum Gasteiger partial charge on any atom is 0.306 e. The lowest BCUT2D eigenvalue weighted by Gasteiger charge is -2.18. The number of allylic oxidation sites excluding steroid dienone is 16. The number of unbranched alkanes of at least 4 members (excludes halogenated alkanes) is 38. The minimum atomic E-state index is -0.790. The van der Waals surface area contributed by atoms with Gasteiger partial charge in [-0.1, -0.05) is 311 Å². The average molecular weight is 1160 g/mol. The Morgan fingerprint density at radius 2 is 0.470 bits per heavy atom. The van der Waals surface area contributed by atoms with E-state index in [4.69, 9.17) is 14.2 Å². The van der Waals surface area contributed by atoms with Gasteiger partial charge in [-0.25, -0.2) is 0 Å². The summed E-state index contributed by atoms with van der Waals surface area (Å²) in [6, 6.07) is 0. The van der Waals surface area contributed by atoms with Gasteiger partial charge < -0.3 is 14.2 Å². The molecule has 0 aromatic carbocycles. The van der Waals surface area contributed by atoms with E-state index in [0.717, 1.165) is 109 Å². The van der Waals surface area contributed by atoms with Crippen molar-refractivity contribution in [3.8, 4) is 0 Å². The molecule has 0 spiro atoms.